The smallest absolute Gasteiger partial charge is 0.223 e. The van der Waals surface area contributed by atoms with E-state index in [0.29, 0.717) is 18.7 Å². The van der Waals surface area contributed by atoms with Crippen LogP contribution in [0.1, 0.15) is 51.4 Å². The number of hydrogen-bond donors (Lipinski definition) is 1. The van der Waals surface area contributed by atoms with Crippen molar-refractivity contribution < 1.29 is 9.59 Å². The first-order chi connectivity index (χ1) is 7.79. The number of amides is 1. The van der Waals surface area contributed by atoms with Crippen molar-refractivity contribution in [2.45, 2.75) is 51.4 Å². The Hall–Kier alpha value is -0.860. The van der Waals surface area contributed by atoms with E-state index in [-0.39, 0.29) is 17.7 Å². The number of carbonyl (C=O) groups is 2. The second kappa shape index (κ2) is 5.46. The van der Waals surface area contributed by atoms with Crippen molar-refractivity contribution in [3.05, 3.63) is 0 Å². The summed E-state index contributed by atoms with van der Waals surface area (Å²) in [6.07, 6.45) is 8.27. The number of fused-ring (bicyclic) bond motifs is 1. The average molecular weight is 223 g/mol. The van der Waals surface area contributed by atoms with E-state index in [9.17, 15) is 9.59 Å². The van der Waals surface area contributed by atoms with Crippen molar-refractivity contribution >= 4 is 11.7 Å². The molecule has 1 saturated heterocycles. The molecule has 16 heavy (non-hydrogen) atoms. The molecule has 2 unspecified atom stereocenters. The lowest BCUT2D eigenvalue weighted by molar-refractivity contribution is -0.131. The van der Waals surface area contributed by atoms with Crippen molar-refractivity contribution in [2.75, 3.05) is 6.54 Å². The topological polar surface area (TPSA) is 46.2 Å². The first kappa shape index (κ1) is 11.6. The van der Waals surface area contributed by atoms with Gasteiger partial charge in [0.2, 0.25) is 5.91 Å². The van der Waals surface area contributed by atoms with Gasteiger partial charge in [-0.25, -0.2) is 0 Å². The minimum Gasteiger partial charge on any atom is -0.355 e. The van der Waals surface area contributed by atoms with Crippen molar-refractivity contribution in [1.82, 2.24) is 5.32 Å². The molecule has 0 aromatic rings. The maximum absolute atomic E-state index is 12.0. The quantitative estimate of drug-likeness (QED) is 0.683. The summed E-state index contributed by atoms with van der Waals surface area (Å²) < 4.78 is 0. The van der Waals surface area contributed by atoms with E-state index in [1.54, 1.807) is 0 Å². The van der Waals surface area contributed by atoms with E-state index in [1.165, 1.54) is 19.3 Å². The fraction of sp³-hybridized carbons (Fsp3) is 0.846. The number of Topliss-reactive ketones (excluding diaryl/α,β-unsaturated/α-hetero) is 1. The van der Waals surface area contributed by atoms with Crippen LogP contribution in [0.15, 0.2) is 0 Å². The fourth-order valence-corrected chi connectivity index (χ4v) is 2.99. The summed E-state index contributed by atoms with van der Waals surface area (Å²) in [5, 5.41) is 2.88. The molecule has 1 saturated carbocycles. The average Bonchev–Trinajstić information content (AvgIpc) is 2.39. The Bertz CT molecular complexity index is 249. The molecule has 2 atom stereocenters. The Balaban J connectivity index is 2.13. The number of hydrogen-bond acceptors (Lipinski definition) is 2. The van der Waals surface area contributed by atoms with E-state index in [0.717, 1.165) is 25.7 Å². The van der Waals surface area contributed by atoms with Gasteiger partial charge in [-0.3, -0.25) is 9.59 Å². The summed E-state index contributed by atoms with van der Waals surface area (Å²) in [5.74, 6) is 0.414. The van der Waals surface area contributed by atoms with E-state index in [2.05, 4.69) is 5.32 Å². The molecule has 1 amide bonds. The summed E-state index contributed by atoms with van der Waals surface area (Å²) in [5.41, 5.74) is 0. The molecular formula is C13H21NO2. The van der Waals surface area contributed by atoms with Gasteiger partial charge in [0.25, 0.3) is 0 Å². The summed E-state index contributed by atoms with van der Waals surface area (Å²) in [6, 6.07) is 0. The molecule has 2 rings (SSSR count). The van der Waals surface area contributed by atoms with Crippen LogP contribution < -0.4 is 5.32 Å². The maximum atomic E-state index is 12.0. The zero-order chi connectivity index (χ0) is 11.4. The molecule has 1 aliphatic heterocycles. The molecule has 0 aromatic heterocycles. The Morgan fingerprint density at radius 3 is 2.25 bits per heavy atom. The third-order valence-corrected chi connectivity index (χ3v) is 3.94. The number of nitrogens with one attached hydrogen (secondary N) is 1. The minimum atomic E-state index is -0.0342. The number of rotatable bonds is 0. The van der Waals surface area contributed by atoms with Crippen LogP contribution in [0.2, 0.25) is 0 Å². The first-order valence-corrected chi connectivity index (χ1v) is 6.59. The van der Waals surface area contributed by atoms with E-state index in [1.807, 2.05) is 0 Å². The molecule has 0 aromatic carbocycles. The van der Waals surface area contributed by atoms with E-state index < -0.39 is 0 Å². The van der Waals surface area contributed by atoms with Crippen LogP contribution in [0.25, 0.3) is 0 Å². The van der Waals surface area contributed by atoms with Crippen molar-refractivity contribution in [3.8, 4) is 0 Å². The Morgan fingerprint density at radius 1 is 0.875 bits per heavy atom. The molecule has 2 fully saturated rings. The standard InChI is InChI=1S/C13H21NO2/c15-12-8-9-14-13(16)11-7-5-3-1-2-4-6-10(11)12/h10-11H,1-9H2,(H,14,16). The molecule has 0 bridgehead atoms. The molecule has 1 heterocycles. The van der Waals surface area contributed by atoms with Gasteiger partial charge in [-0.2, -0.15) is 0 Å². The first-order valence-electron chi connectivity index (χ1n) is 6.59. The van der Waals surface area contributed by atoms with Crippen LogP contribution in [0, 0.1) is 11.8 Å². The zero-order valence-corrected chi connectivity index (χ0v) is 9.84. The van der Waals surface area contributed by atoms with Crippen LogP contribution in [0.3, 0.4) is 0 Å². The molecule has 3 nitrogen and oxygen atoms in total. The molecule has 3 heteroatoms. The van der Waals surface area contributed by atoms with Gasteiger partial charge in [0.05, 0.1) is 0 Å². The predicted octanol–water partition coefficient (Wildman–Crippen LogP) is 2.05. The summed E-state index contributed by atoms with van der Waals surface area (Å²) in [7, 11) is 0. The molecule has 90 valence electrons. The van der Waals surface area contributed by atoms with Gasteiger partial charge in [0.1, 0.15) is 5.78 Å². The van der Waals surface area contributed by atoms with Crippen LogP contribution in [-0.4, -0.2) is 18.2 Å². The second-order valence-electron chi connectivity index (χ2n) is 5.07. The van der Waals surface area contributed by atoms with Gasteiger partial charge >= 0.3 is 0 Å². The normalized spacial score (nSPS) is 32.8. The summed E-state index contributed by atoms with van der Waals surface area (Å²) >= 11 is 0. The third-order valence-electron chi connectivity index (χ3n) is 3.94. The number of ketones is 1. The highest BCUT2D eigenvalue weighted by molar-refractivity contribution is 5.91. The number of carbonyl (C=O) groups excluding carboxylic acids is 2. The van der Waals surface area contributed by atoms with Gasteiger partial charge in [0, 0.05) is 24.8 Å². The lowest BCUT2D eigenvalue weighted by atomic mass is 9.82. The Kier molecular flexibility index (Phi) is 3.97. The van der Waals surface area contributed by atoms with Crippen LogP contribution in [0.4, 0.5) is 0 Å². The highest BCUT2D eigenvalue weighted by Crippen LogP contribution is 2.30. The maximum Gasteiger partial charge on any atom is 0.223 e. The van der Waals surface area contributed by atoms with Gasteiger partial charge in [-0.05, 0) is 12.8 Å². The Labute approximate surface area is 97.0 Å². The summed E-state index contributed by atoms with van der Waals surface area (Å²) in [4.78, 5) is 23.9. The van der Waals surface area contributed by atoms with Crippen molar-refractivity contribution in [3.63, 3.8) is 0 Å². The van der Waals surface area contributed by atoms with Gasteiger partial charge in [-0.1, -0.05) is 32.1 Å². The third kappa shape index (κ3) is 2.63. The highest BCUT2D eigenvalue weighted by Gasteiger charge is 2.34. The molecule has 1 aliphatic carbocycles. The zero-order valence-electron chi connectivity index (χ0n) is 9.84. The molecule has 2 aliphatic rings. The second-order valence-corrected chi connectivity index (χ2v) is 5.07. The van der Waals surface area contributed by atoms with Gasteiger partial charge in [-0.15, -0.1) is 0 Å². The van der Waals surface area contributed by atoms with Crippen molar-refractivity contribution in [1.29, 1.82) is 0 Å². The van der Waals surface area contributed by atoms with Crippen LogP contribution >= 0.6 is 0 Å². The van der Waals surface area contributed by atoms with E-state index >= 15 is 0 Å². The van der Waals surface area contributed by atoms with Crippen LogP contribution in [0.5, 0.6) is 0 Å². The fourth-order valence-electron chi connectivity index (χ4n) is 2.99. The molecular weight excluding hydrogens is 202 g/mol. The largest absolute Gasteiger partial charge is 0.355 e. The monoisotopic (exact) mass is 223 g/mol. The van der Waals surface area contributed by atoms with Gasteiger partial charge < -0.3 is 5.32 Å². The molecule has 0 radical (unpaired) electrons. The minimum absolute atomic E-state index is 0.0144. The SMILES string of the molecule is O=C1CCNC(=O)C2CCCCCCCC12. The highest BCUT2D eigenvalue weighted by atomic mass is 16.2. The van der Waals surface area contributed by atoms with Crippen molar-refractivity contribution in [2.24, 2.45) is 11.8 Å². The predicted molar refractivity (Wildman–Crippen MR) is 61.9 cm³/mol. The molecule has 0 spiro atoms. The lowest BCUT2D eigenvalue weighted by Crippen LogP contribution is -2.33. The molecule has 1 N–H and O–H groups in total. The summed E-state index contributed by atoms with van der Waals surface area (Å²) in [6.45, 7) is 0.546. The van der Waals surface area contributed by atoms with Crippen LogP contribution in [-0.2, 0) is 9.59 Å². The van der Waals surface area contributed by atoms with Gasteiger partial charge in [0.15, 0.2) is 0 Å². The Morgan fingerprint density at radius 2 is 1.50 bits per heavy atom. The lowest BCUT2D eigenvalue weighted by Gasteiger charge is -2.21. The van der Waals surface area contributed by atoms with E-state index in [4.69, 9.17) is 0 Å².